The lowest BCUT2D eigenvalue weighted by molar-refractivity contribution is -0.274. The summed E-state index contributed by atoms with van der Waals surface area (Å²) in [6.07, 6.45) is -4.38. The van der Waals surface area contributed by atoms with E-state index < -0.39 is 18.0 Å². The van der Waals surface area contributed by atoms with Gasteiger partial charge < -0.3 is 19.9 Å². The number of amides is 2. The predicted molar refractivity (Wildman–Crippen MR) is 101 cm³/mol. The van der Waals surface area contributed by atoms with E-state index >= 15 is 0 Å². The van der Waals surface area contributed by atoms with Crippen LogP contribution in [0.15, 0.2) is 24.3 Å². The molecule has 0 spiro atoms. The summed E-state index contributed by atoms with van der Waals surface area (Å²) >= 11 is 0. The average molecular weight is 425 g/mol. The second-order valence-electron chi connectivity index (χ2n) is 7.14. The third-order valence-corrected chi connectivity index (χ3v) is 4.59. The Hall–Kier alpha value is -3.08. The van der Waals surface area contributed by atoms with Gasteiger partial charge in [-0.15, -0.1) is 13.2 Å². The van der Waals surface area contributed by atoms with Crippen LogP contribution in [0.3, 0.4) is 0 Å². The molecule has 1 aromatic heterocycles. The van der Waals surface area contributed by atoms with Gasteiger partial charge in [0.2, 0.25) is 0 Å². The molecule has 1 aliphatic rings. The second kappa shape index (κ2) is 8.74. The number of alkyl halides is 3. The Morgan fingerprint density at radius 1 is 1.33 bits per heavy atom. The lowest BCUT2D eigenvalue weighted by Crippen LogP contribution is -2.37. The number of rotatable bonds is 6. The molecule has 0 atom stereocenters. The summed E-state index contributed by atoms with van der Waals surface area (Å²) in [5.74, 6) is -1.26. The van der Waals surface area contributed by atoms with Gasteiger partial charge in [0.1, 0.15) is 5.75 Å². The van der Waals surface area contributed by atoms with Gasteiger partial charge in [-0.3, -0.25) is 14.7 Å². The van der Waals surface area contributed by atoms with Gasteiger partial charge in [0, 0.05) is 42.9 Å². The highest BCUT2D eigenvalue weighted by Crippen LogP contribution is 2.26. The number of benzene rings is 1. The van der Waals surface area contributed by atoms with Crippen molar-refractivity contribution in [3.8, 4) is 5.75 Å². The van der Waals surface area contributed by atoms with E-state index in [1.54, 1.807) is 0 Å². The number of hydrogen-bond donors (Lipinski definition) is 2. The number of halogens is 3. The molecule has 162 valence electrons. The van der Waals surface area contributed by atoms with Crippen molar-refractivity contribution in [2.24, 2.45) is 0 Å². The maximum Gasteiger partial charge on any atom is 0.573 e. The van der Waals surface area contributed by atoms with Gasteiger partial charge in [-0.25, -0.2) is 0 Å². The van der Waals surface area contributed by atoms with E-state index in [4.69, 9.17) is 0 Å². The molecule has 3 rings (SSSR count). The van der Waals surface area contributed by atoms with E-state index in [2.05, 4.69) is 20.3 Å². The normalized spacial score (nSPS) is 13.9. The Bertz CT molecular complexity index is 926. The Kier molecular flexibility index (Phi) is 6.30. The Morgan fingerprint density at radius 2 is 2.10 bits per heavy atom. The zero-order chi connectivity index (χ0) is 21.9. The van der Waals surface area contributed by atoms with Crippen molar-refractivity contribution < 1.29 is 27.5 Å². The first-order valence-electron chi connectivity index (χ1n) is 9.28. The fraction of sp³-hybridized carbons (Fsp3) is 0.421. The average Bonchev–Trinajstić information content (AvgIpc) is 3.09. The summed E-state index contributed by atoms with van der Waals surface area (Å²) < 4.78 is 41.2. The van der Waals surface area contributed by atoms with E-state index in [9.17, 15) is 22.8 Å². The van der Waals surface area contributed by atoms with Gasteiger partial charge in [-0.2, -0.15) is 5.10 Å². The number of hydrogen-bond acceptors (Lipinski definition) is 5. The minimum atomic E-state index is -4.84. The highest BCUT2D eigenvalue weighted by molar-refractivity contribution is 5.96. The first-order chi connectivity index (χ1) is 14.1. The van der Waals surface area contributed by atoms with Crippen molar-refractivity contribution in [2.75, 3.05) is 33.7 Å². The zero-order valence-electron chi connectivity index (χ0n) is 16.5. The van der Waals surface area contributed by atoms with Crippen molar-refractivity contribution in [3.63, 3.8) is 0 Å². The summed E-state index contributed by atoms with van der Waals surface area (Å²) in [5.41, 5.74) is 1.67. The minimum Gasteiger partial charge on any atom is -0.406 e. The SMILES string of the molecule is CN(C)CCNC(=O)c1n[nH]c2c1CN(C(=O)c1cccc(OC(F)(F)F)c1)CC2. The van der Waals surface area contributed by atoms with Gasteiger partial charge in [0.25, 0.3) is 11.8 Å². The fourth-order valence-electron chi connectivity index (χ4n) is 3.14. The molecule has 30 heavy (non-hydrogen) atoms. The molecule has 0 radical (unpaired) electrons. The molecule has 2 amide bonds. The van der Waals surface area contributed by atoms with Crippen LogP contribution in [0.5, 0.6) is 5.75 Å². The molecule has 0 aliphatic carbocycles. The fourth-order valence-corrected chi connectivity index (χ4v) is 3.14. The van der Waals surface area contributed by atoms with Gasteiger partial charge >= 0.3 is 6.36 Å². The molecule has 0 saturated heterocycles. The molecule has 8 nitrogen and oxygen atoms in total. The van der Waals surface area contributed by atoms with E-state index in [1.807, 2.05) is 19.0 Å². The molecule has 0 fully saturated rings. The van der Waals surface area contributed by atoms with Crippen LogP contribution in [0.1, 0.15) is 32.1 Å². The van der Waals surface area contributed by atoms with Crippen molar-refractivity contribution >= 4 is 11.8 Å². The second-order valence-corrected chi connectivity index (χ2v) is 7.14. The van der Waals surface area contributed by atoms with Crippen molar-refractivity contribution in [1.29, 1.82) is 0 Å². The molecule has 0 bridgehead atoms. The quantitative estimate of drug-likeness (QED) is 0.737. The highest BCUT2D eigenvalue weighted by atomic mass is 19.4. The zero-order valence-corrected chi connectivity index (χ0v) is 16.5. The summed E-state index contributed by atoms with van der Waals surface area (Å²) in [7, 11) is 3.78. The number of carbonyl (C=O) groups excluding carboxylic acids is 2. The van der Waals surface area contributed by atoms with Crippen LogP contribution < -0.4 is 10.1 Å². The molecule has 1 aromatic carbocycles. The molecule has 0 saturated carbocycles. The molecular formula is C19H22F3N5O3. The monoisotopic (exact) mass is 425 g/mol. The molecule has 1 aliphatic heterocycles. The summed E-state index contributed by atoms with van der Waals surface area (Å²) in [6, 6.07) is 4.93. The topological polar surface area (TPSA) is 90.6 Å². The van der Waals surface area contributed by atoms with Crippen LogP contribution in [0, 0.1) is 0 Å². The van der Waals surface area contributed by atoms with Crippen molar-refractivity contribution in [1.82, 2.24) is 25.3 Å². The van der Waals surface area contributed by atoms with Crippen LogP contribution >= 0.6 is 0 Å². The predicted octanol–water partition coefficient (Wildman–Crippen LogP) is 1.80. The van der Waals surface area contributed by atoms with E-state index in [-0.39, 0.29) is 23.7 Å². The van der Waals surface area contributed by atoms with Gasteiger partial charge in [-0.05, 0) is 32.3 Å². The minimum absolute atomic E-state index is 0.0701. The maximum atomic E-state index is 12.8. The summed E-state index contributed by atoms with van der Waals surface area (Å²) in [4.78, 5) is 28.7. The molecule has 11 heteroatoms. The summed E-state index contributed by atoms with van der Waals surface area (Å²) in [5, 5.41) is 9.70. The van der Waals surface area contributed by atoms with Crippen LogP contribution in [0.25, 0.3) is 0 Å². The number of likely N-dealkylation sites (N-methyl/N-ethyl adjacent to an activating group) is 1. The standard InChI is InChI=1S/C19H22F3N5O3/c1-26(2)9-7-23-17(28)16-14-11-27(8-6-15(14)24-25-16)18(29)12-4-3-5-13(10-12)30-19(20,21)22/h3-5,10H,6-9,11H2,1-2H3,(H,23,28)(H,24,25). The molecule has 0 unspecified atom stereocenters. The number of aromatic amines is 1. The Balaban J connectivity index is 1.72. The lowest BCUT2D eigenvalue weighted by atomic mass is 10.0. The van der Waals surface area contributed by atoms with Gasteiger partial charge in [0.05, 0.1) is 6.54 Å². The number of fused-ring (bicyclic) bond motifs is 1. The van der Waals surface area contributed by atoms with Gasteiger partial charge in [0.15, 0.2) is 5.69 Å². The lowest BCUT2D eigenvalue weighted by Gasteiger charge is -2.27. The van der Waals surface area contributed by atoms with E-state index in [1.165, 1.54) is 17.0 Å². The molecular weight excluding hydrogens is 403 g/mol. The van der Waals surface area contributed by atoms with E-state index in [0.29, 0.717) is 31.6 Å². The van der Waals surface area contributed by atoms with Crippen LogP contribution in [-0.2, 0) is 13.0 Å². The maximum absolute atomic E-state index is 12.8. The Morgan fingerprint density at radius 3 is 2.80 bits per heavy atom. The largest absolute Gasteiger partial charge is 0.573 e. The summed E-state index contributed by atoms with van der Waals surface area (Å²) in [6.45, 7) is 1.59. The number of nitrogens with zero attached hydrogens (tertiary/aromatic N) is 3. The van der Waals surface area contributed by atoms with Crippen LogP contribution in [0.4, 0.5) is 13.2 Å². The molecule has 2 heterocycles. The highest BCUT2D eigenvalue weighted by Gasteiger charge is 2.32. The van der Waals surface area contributed by atoms with E-state index in [0.717, 1.165) is 17.8 Å². The van der Waals surface area contributed by atoms with Crippen LogP contribution in [-0.4, -0.2) is 71.9 Å². The number of carbonyl (C=O) groups is 2. The van der Waals surface area contributed by atoms with Crippen LogP contribution in [0.2, 0.25) is 0 Å². The van der Waals surface area contributed by atoms with Crippen molar-refractivity contribution in [3.05, 3.63) is 46.8 Å². The third-order valence-electron chi connectivity index (χ3n) is 4.59. The van der Waals surface area contributed by atoms with Gasteiger partial charge in [-0.1, -0.05) is 6.07 Å². The van der Waals surface area contributed by atoms with Crippen molar-refractivity contribution in [2.45, 2.75) is 19.3 Å². The first kappa shape index (κ1) is 21.6. The third kappa shape index (κ3) is 5.29. The Labute approximate surface area is 171 Å². The smallest absolute Gasteiger partial charge is 0.406 e. The number of nitrogens with one attached hydrogen (secondary N) is 2. The number of H-pyrrole nitrogens is 1. The first-order valence-corrected chi connectivity index (χ1v) is 9.28. The molecule has 2 N–H and O–H groups in total. The number of aromatic nitrogens is 2. The number of ether oxygens (including phenoxy) is 1. The molecule has 2 aromatic rings.